The number of nitrogens with zero attached hydrogens (tertiary/aromatic N) is 4. The Kier molecular flexibility index (Phi) is 3.68. The quantitative estimate of drug-likeness (QED) is 0.373. The molecule has 2 aliphatic heterocycles. The minimum Gasteiger partial charge on any atom is -0.435 e. The molecule has 2 N–H and O–H groups in total. The van der Waals surface area contributed by atoms with E-state index in [1.54, 1.807) is 24.5 Å². The number of hydrogen-bond acceptors (Lipinski definition) is 9. The van der Waals surface area contributed by atoms with Gasteiger partial charge in [-0.15, -0.1) is 10.2 Å². The second-order valence-electron chi connectivity index (χ2n) is 6.35. The standard InChI is InChI=1S/C18H12N6O4S/c1-29-17-20-15-14(22-23-17)10-4-2-3-5-12(10)21-18(28-15)11-8-9(24(26)27)6-7-13(11)19-16(18)25/h2-8,21H,1H3,(H,19,25)/t18-/m0/s1. The largest absolute Gasteiger partial charge is 0.435 e. The number of non-ortho nitro benzene ring substituents is 1. The molecular formula is C18H12N6O4S. The summed E-state index contributed by atoms with van der Waals surface area (Å²) in [5.41, 5.74) is 0.397. The highest BCUT2D eigenvalue weighted by molar-refractivity contribution is 7.98. The van der Waals surface area contributed by atoms with E-state index in [-0.39, 0.29) is 11.6 Å². The number of nitro benzene ring substituents is 1. The van der Waals surface area contributed by atoms with Gasteiger partial charge in [-0.1, -0.05) is 30.0 Å². The number of amides is 1. The Morgan fingerprint density at radius 2 is 2.00 bits per heavy atom. The van der Waals surface area contributed by atoms with E-state index < -0.39 is 16.6 Å². The molecule has 3 heterocycles. The third-order valence-corrected chi connectivity index (χ3v) is 5.26. The van der Waals surface area contributed by atoms with Gasteiger partial charge < -0.3 is 15.4 Å². The molecule has 1 aromatic heterocycles. The molecule has 29 heavy (non-hydrogen) atoms. The molecule has 0 saturated heterocycles. The fourth-order valence-corrected chi connectivity index (χ4v) is 3.68. The Bertz CT molecular complexity index is 1200. The zero-order chi connectivity index (χ0) is 20.2. The molecule has 0 radical (unpaired) electrons. The molecular weight excluding hydrogens is 396 g/mol. The number of hydrogen-bond donors (Lipinski definition) is 2. The number of carbonyl (C=O) groups is 1. The van der Waals surface area contributed by atoms with Crippen LogP contribution in [0.4, 0.5) is 17.1 Å². The maximum atomic E-state index is 13.1. The maximum Gasteiger partial charge on any atom is 0.295 e. The summed E-state index contributed by atoms with van der Waals surface area (Å²) in [6.07, 6.45) is 1.79. The summed E-state index contributed by atoms with van der Waals surface area (Å²) in [6.45, 7) is 0. The van der Waals surface area contributed by atoms with E-state index >= 15 is 0 Å². The minimum absolute atomic E-state index is 0.108. The summed E-state index contributed by atoms with van der Waals surface area (Å²) in [5, 5.41) is 25.8. The highest BCUT2D eigenvalue weighted by atomic mass is 32.2. The van der Waals surface area contributed by atoms with Crippen LogP contribution in [0, 0.1) is 10.1 Å². The molecule has 2 aromatic carbocycles. The normalized spacial score (nSPS) is 18.6. The fourth-order valence-electron chi connectivity index (χ4n) is 3.39. The monoisotopic (exact) mass is 408 g/mol. The van der Waals surface area contributed by atoms with Gasteiger partial charge in [0, 0.05) is 23.4 Å². The molecule has 144 valence electrons. The van der Waals surface area contributed by atoms with Gasteiger partial charge in [-0.25, -0.2) is 0 Å². The summed E-state index contributed by atoms with van der Waals surface area (Å²) in [4.78, 5) is 28.3. The number of nitrogens with one attached hydrogen (secondary N) is 2. The summed E-state index contributed by atoms with van der Waals surface area (Å²) in [5.74, 6) is -0.406. The van der Waals surface area contributed by atoms with Crippen LogP contribution in [0.15, 0.2) is 47.6 Å². The number of carbonyl (C=O) groups excluding carboxylic acids is 1. The van der Waals surface area contributed by atoms with Crippen LogP contribution in [0.2, 0.25) is 0 Å². The summed E-state index contributed by atoms with van der Waals surface area (Å²) in [6, 6.07) is 11.3. The maximum absolute atomic E-state index is 13.1. The number of nitro groups is 1. The SMILES string of the molecule is CSc1nnc2c(n1)O[C@]1(Nc3ccccc3-2)C(=O)Nc2ccc([N+](=O)[O-])cc21. The summed E-state index contributed by atoms with van der Waals surface area (Å²) in [7, 11) is 0. The van der Waals surface area contributed by atoms with Crippen molar-refractivity contribution in [2.75, 3.05) is 16.9 Å². The van der Waals surface area contributed by atoms with Crippen molar-refractivity contribution < 1.29 is 14.5 Å². The van der Waals surface area contributed by atoms with Crippen molar-refractivity contribution in [2.45, 2.75) is 10.9 Å². The van der Waals surface area contributed by atoms with E-state index in [0.29, 0.717) is 33.4 Å². The molecule has 1 atom stereocenters. The van der Waals surface area contributed by atoms with E-state index in [1.165, 1.54) is 30.0 Å². The van der Waals surface area contributed by atoms with Crippen molar-refractivity contribution >= 4 is 34.7 Å². The van der Waals surface area contributed by atoms with Crippen molar-refractivity contribution in [3.05, 3.63) is 58.1 Å². The Hall–Kier alpha value is -3.73. The third-order valence-electron chi connectivity index (χ3n) is 4.72. The average molecular weight is 408 g/mol. The summed E-state index contributed by atoms with van der Waals surface area (Å²) >= 11 is 1.28. The van der Waals surface area contributed by atoms with Gasteiger partial charge in [-0.2, -0.15) is 4.98 Å². The average Bonchev–Trinajstić information content (AvgIpc) is 2.90. The van der Waals surface area contributed by atoms with E-state index in [0.717, 1.165) is 0 Å². The molecule has 11 heteroatoms. The number of thioether (sulfide) groups is 1. The molecule has 10 nitrogen and oxygen atoms in total. The Balaban J connectivity index is 1.78. The van der Waals surface area contributed by atoms with Crippen molar-refractivity contribution in [1.82, 2.24) is 15.2 Å². The van der Waals surface area contributed by atoms with Crippen molar-refractivity contribution in [1.29, 1.82) is 0 Å². The van der Waals surface area contributed by atoms with Crippen LogP contribution in [0.1, 0.15) is 5.56 Å². The smallest absolute Gasteiger partial charge is 0.295 e. The predicted molar refractivity (Wildman–Crippen MR) is 105 cm³/mol. The fraction of sp³-hybridized carbons (Fsp3) is 0.111. The highest BCUT2D eigenvalue weighted by Gasteiger charge is 2.53. The van der Waals surface area contributed by atoms with Gasteiger partial charge in [0.05, 0.1) is 16.2 Å². The van der Waals surface area contributed by atoms with Gasteiger partial charge in [0.25, 0.3) is 17.3 Å². The molecule has 0 unspecified atom stereocenters. The Morgan fingerprint density at radius 3 is 2.79 bits per heavy atom. The van der Waals surface area contributed by atoms with Crippen molar-refractivity contribution in [3.63, 3.8) is 0 Å². The van der Waals surface area contributed by atoms with Crippen LogP contribution in [-0.2, 0) is 10.5 Å². The lowest BCUT2D eigenvalue weighted by Crippen LogP contribution is -2.47. The van der Waals surface area contributed by atoms with Gasteiger partial charge in [0.15, 0.2) is 5.69 Å². The number of rotatable bonds is 2. The van der Waals surface area contributed by atoms with Crippen LogP contribution in [0.25, 0.3) is 11.3 Å². The molecule has 0 aliphatic carbocycles. The molecule has 0 fully saturated rings. The van der Waals surface area contributed by atoms with Crippen LogP contribution in [0.3, 0.4) is 0 Å². The number of benzene rings is 2. The Labute approximate surface area is 167 Å². The van der Waals surface area contributed by atoms with E-state index in [1.807, 2.05) is 6.07 Å². The van der Waals surface area contributed by atoms with E-state index in [9.17, 15) is 14.9 Å². The number of ether oxygens (including phenoxy) is 1. The van der Waals surface area contributed by atoms with Gasteiger partial charge >= 0.3 is 0 Å². The molecule has 0 saturated carbocycles. The molecule has 5 rings (SSSR count). The number of anilines is 2. The van der Waals surface area contributed by atoms with Gasteiger partial charge in [0.1, 0.15) is 0 Å². The Morgan fingerprint density at radius 1 is 1.17 bits per heavy atom. The summed E-state index contributed by atoms with van der Waals surface area (Å²) < 4.78 is 6.13. The number of aromatic nitrogens is 3. The van der Waals surface area contributed by atoms with Crippen LogP contribution in [0.5, 0.6) is 5.88 Å². The first kappa shape index (κ1) is 17.4. The zero-order valence-electron chi connectivity index (χ0n) is 14.9. The van der Waals surface area contributed by atoms with Gasteiger partial charge in [-0.05, 0) is 18.4 Å². The first-order valence-electron chi connectivity index (χ1n) is 8.47. The lowest BCUT2D eigenvalue weighted by molar-refractivity contribution is -0.385. The second kappa shape index (κ2) is 6.14. The lowest BCUT2D eigenvalue weighted by Gasteiger charge is -2.28. The number of para-hydroxylation sites is 1. The first-order valence-corrected chi connectivity index (χ1v) is 9.70. The molecule has 1 spiro atoms. The predicted octanol–water partition coefficient (Wildman–Crippen LogP) is 2.78. The third kappa shape index (κ3) is 2.51. The van der Waals surface area contributed by atoms with Crippen molar-refractivity contribution in [2.24, 2.45) is 0 Å². The van der Waals surface area contributed by atoms with Gasteiger partial charge in [-0.3, -0.25) is 14.9 Å². The topological polar surface area (TPSA) is 132 Å². The molecule has 2 aliphatic rings. The second-order valence-corrected chi connectivity index (χ2v) is 7.12. The van der Waals surface area contributed by atoms with Crippen LogP contribution < -0.4 is 15.4 Å². The highest BCUT2D eigenvalue weighted by Crippen LogP contribution is 2.47. The van der Waals surface area contributed by atoms with Crippen LogP contribution >= 0.6 is 11.8 Å². The molecule has 0 bridgehead atoms. The van der Waals surface area contributed by atoms with E-state index in [2.05, 4.69) is 25.8 Å². The minimum atomic E-state index is -1.74. The molecule has 3 aromatic rings. The van der Waals surface area contributed by atoms with Crippen LogP contribution in [-0.4, -0.2) is 32.3 Å². The first-order chi connectivity index (χ1) is 14.0. The van der Waals surface area contributed by atoms with Crippen molar-refractivity contribution in [3.8, 4) is 17.1 Å². The lowest BCUT2D eigenvalue weighted by atomic mass is 10.0. The molecule has 1 amide bonds. The van der Waals surface area contributed by atoms with Gasteiger partial charge in [0.2, 0.25) is 11.0 Å². The zero-order valence-corrected chi connectivity index (χ0v) is 15.7. The number of fused-ring (bicyclic) bond motifs is 5. The van der Waals surface area contributed by atoms with E-state index in [4.69, 9.17) is 4.74 Å².